The Morgan fingerprint density at radius 2 is 2.11 bits per heavy atom. The third kappa shape index (κ3) is 4.99. The van der Waals surface area contributed by atoms with Gasteiger partial charge >= 0.3 is 6.03 Å². The molecule has 8 heteroatoms. The molecule has 1 fully saturated rings. The highest BCUT2D eigenvalue weighted by atomic mass is 16.5. The number of rotatable bonds is 5. The lowest BCUT2D eigenvalue weighted by atomic mass is 10.1. The normalized spacial score (nSPS) is 16.6. The smallest absolute Gasteiger partial charge is 0.321 e. The lowest BCUT2D eigenvalue weighted by molar-refractivity contribution is 0.102. The number of methoxy groups -OCH3 is 1. The van der Waals surface area contributed by atoms with Crippen LogP contribution in [-0.2, 0) is 0 Å². The molecule has 0 radical (unpaired) electrons. The van der Waals surface area contributed by atoms with Crippen LogP contribution >= 0.6 is 0 Å². The number of amides is 2. The third-order valence-corrected chi connectivity index (χ3v) is 4.36. The molecule has 1 saturated heterocycles. The van der Waals surface area contributed by atoms with E-state index in [-0.39, 0.29) is 12.1 Å². The molecule has 1 atom stereocenters. The zero-order valence-electron chi connectivity index (χ0n) is 15.9. The number of carbonyl (C=O) groups is 1. The van der Waals surface area contributed by atoms with E-state index < -0.39 is 0 Å². The van der Waals surface area contributed by atoms with E-state index in [1.807, 2.05) is 43.3 Å². The lowest BCUT2D eigenvalue weighted by Crippen LogP contribution is -2.46. The van der Waals surface area contributed by atoms with E-state index in [1.165, 1.54) is 0 Å². The number of likely N-dealkylation sites (tertiary alicyclic amines) is 1. The molecule has 144 valence electrons. The first kappa shape index (κ1) is 18.8. The summed E-state index contributed by atoms with van der Waals surface area (Å²) in [6.07, 6.45) is 1.65. The molecule has 1 aliphatic rings. The largest absolute Gasteiger partial charge is 0.497 e. The zero-order chi connectivity index (χ0) is 19.2. The zero-order valence-corrected chi connectivity index (χ0v) is 15.9. The molecule has 1 aromatic heterocycles. The molecule has 1 aromatic carbocycles. The first-order valence-electron chi connectivity index (χ1n) is 8.93. The van der Waals surface area contributed by atoms with Crippen molar-refractivity contribution in [3.63, 3.8) is 0 Å². The Morgan fingerprint density at radius 3 is 2.81 bits per heavy atom. The van der Waals surface area contributed by atoms with Crippen LogP contribution in [0, 0.1) is 0 Å². The lowest BCUT2D eigenvalue weighted by Gasteiger charge is -2.32. The molecule has 0 bridgehead atoms. The van der Waals surface area contributed by atoms with Gasteiger partial charge in [0.1, 0.15) is 11.9 Å². The number of piperidine rings is 1. The molecule has 2 aromatic rings. The van der Waals surface area contributed by atoms with Gasteiger partial charge < -0.3 is 24.6 Å². The first-order valence-corrected chi connectivity index (χ1v) is 8.93. The van der Waals surface area contributed by atoms with Crippen molar-refractivity contribution in [2.75, 3.05) is 44.5 Å². The van der Waals surface area contributed by atoms with Crippen LogP contribution < -0.4 is 19.7 Å². The van der Waals surface area contributed by atoms with Gasteiger partial charge in [-0.1, -0.05) is 6.07 Å². The van der Waals surface area contributed by atoms with Gasteiger partial charge in [-0.15, -0.1) is 10.2 Å². The van der Waals surface area contributed by atoms with Crippen LogP contribution in [0.5, 0.6) is 11.6 Å². The fourth-order valence-electron chi connectivity index (χ4n) is 2.91. The minimum absolute atomic E-state index is 0.102. The number of urea groups is 1. The second kappa shape index (κ2) is 8.57. The van der Waals surface area contributed by atoms with Gasteiger partial charge in [0.05, 0.1) is 13.7 Å². The Kier molecular flexibility index (Phi) is 5.95. The minimum Gasteiger partial charge on any atom is -0.497 e. The highest BCUT2D eigenvalue weighted by Crippen LogP contribution is 2.20. The molecule has 1 N–H and O–H groups in total. The van der Waals surface area contributed by atoms with Crippen molar-refractivity contribution in [1.29, 1.82) is 0 Å². The second-order valence-electron chi connectivity index (χ2n) is 6.61. The first-order chi connectivity index (χ1) is 13.0. The maximum atomic E-state index is 12.6. The van der Waals surface area contributed by atoms with Crippen LogP contribution in [-0.4, -0.2) is 61.5 Å². The van der Waals surface area contributed by atoms with Crippen molar-refractivity contribution < 1.29 is 14.3 Å². The maximum absolute atomic E-state index is 12.6. The van der Waals surface area contributed by atoms with Crippen LogP contribution in [0.4, 0.5) is 16.3 Å². The highest BCUT2D eigenvalue weighted by molar-refractivity contribution is 5.89. The van der Waals surface area contributed by atoms with Crippen LogP contribution in [0.1, 0.15) is 12.8 Å². The Morgan fingerprint density at radius 1 is 1.26 bits per heavy atom. The van der Waals surface area contributed by atoms with E-state index in [2.05, 4.69) is 15.5 Å². The van der Waals surface area contributed by atoms with Gasteiger partial charge in [0.2, 0.25) is 5.88 Å². The fraction of sp³-hybridized carbons (Fsp3) is 0.421. The summed E-state index contributed by atoms with van der Waals surface area (Å²) in [5.41, 5.74) is 0.701. The summed E-state index contributed by atoms with van der Waals surface area (Å²) < 4.78 is 11.1. The molecular weight excluding hydrogens is 346 g/mol. The number of benzene rings is 1. The summed E-state index contributed by atoms with van der Waals surface area (Å²) in [5, 5.41) is 11.1. The molecule has 0 aliphatic carbocycles. The predicted octanol–water partition coefficient (Wildman–Crippen LogP) is 2.63. The van der Waals surface area contributed by atoms with E-state index in [0.717, 1.165) is 18.7 Å². The molecule has 0 saturated carbocycles. The number of hydrogen-bond acceptors (Lipinski definition) is 6. The van der Waals surface area contributed by atoms with Crippen molar-refractivity contribution >= 4 is 17.5 Å². The molecule has 1 aliphatic heterocycles. The Hall–Kier alpha value is -3.03. The van der Waals surface area contributed by atoms with Gasteiger partial charge in [0.15, 0.2) is 5.82 Å². The van der Waals surface area contributed by atoms with E-state index in [9.17, 15) is 4.79 Å². The average molecular weight is 371 g/mol. The van der Waals surface area contributed by atoms with Gasteiger partial charge in [0, 0.05) is 38.5 Å². The number of nitrogens with one attached hydrogen (secondary N) is 1. The molecule has 1 unspecified atom stereocenters. The van der Waals surface area contributed by atoms with Crippen molar-refractivity contribution in [3.05, 3.63) is 36.4 Å². The third-order valence-electron chi connectivity index (χ3n) is 4.36. The van der Waals surface area contributed by atoms with Crippen molar-refractivity contribution in [2.24, 2.45) is 0 Å². The molecule has 0 spiro atoms. The summed E-state index contributed by atoms with van der Waals surface area (Å²) in [5.74, 6) is 1.94. The van der Waals surface area contributed by atoms with Gasteiger partial charge in [0.25, 0.3) is 0 Å². The Bertz CT molecular complexity index is 766. The topological polar surface area (TPSA) is 79.8 Å². The highest BCUT2D eigenvalue weighted by Gasteiger charge is 2.25. The minimum atomic E-state index is -0.148. The number of aromatic nitrogens is 2. The molecule has 2 heterocycles. The number of nitrogens with zero attached hydrogens (tertiary/aromatic N) is 4. The molecule has 2 amide bonds. The Balaban J connectivity index is 1.57. The van der Waals surface area contributed by atoms with E-state index in [1.54, 1.807) is 24.1 Å². The van der Waals surface area contributed by atoms with Gasteiger partial charge in [-0.05, 0) is 31.0 Å². The van der Waals surface area contributed by atoms with Gasteiger partial charge in [-0.2, -0.15) is 0 Å². The van der Waals surface area contributed by atoms with Crippen LogP contribution in [0.3, 0.4) is 0 Å². The summed E-state index contributed by atoms with van der Waals surface area (Å²) in [6.45, 7) is 1.20. The molecule has 27 heavy (non-hydrogen) atoms. The van der Waals surface area contributed by atoms with Crippen LogP contribution in [0.2, 0.25) is 0 Å². The number of carbonyl (C=O) groups excluding carboxylic acids is 1. The summed E-state index contributed by atoms with van der Waals surface area (Å²) >= 11 is 0. The summed E-state index contributed by atoms with van der Waals surface area (Å²) in [6, 6.07) is 10.8. The van der Waals surface area contributed by atoms with Gasteiger partial charge in [-0.25, -0.2) is 4.79 Å². The molecule has 3 rings (SSSR count). The van der Waals surface area contributed by atoms with Crippen molar-refractivity contribution in [1.82, 2.24) is 15.1 Å². The summed E-state index contributed by atoms with van der Waals surface area (Å²) in [4.78, 5) is 16.2. The molecule has 8 nitrogen and oxygen atoms in total. The standard InChI is InChI=1S/C19H25N5O3/c1-23(2)17-9-10-18(22-21-17)27-16-8-5-11-24(13-16)19(25)20-14-6-4-7-15(12-14)26-3/h4,6-7,9-10,12,16H,5,8,11,13H2,1-3H3,(H,20,25). The second-order valence-corrected chi connectivity index (χ2v) is 6.61. The number of anilines is 2. The predicted molar refractivity (Wildman–Crippen MR) is 104 cm³/mol. The number of ether oxygens (including phenoxy) is 2. The fourth-order valence-corrected chi connectivity index (χ4v) is 2.91. The SMILES string of the molecule is COc1cccc(NC(=O)N2CCCC(Oc3ccc(N(C)C)nn3)C2)c1. The quantitative estimate of drug-likeness (QED) is 0.870. The summed E-state index contributed by atoms with van der Waals surface area (Å²) in [7, 11) is 5.41. The number of hydrogen-bond donors (Lipinski definition) is 1. The Labute approximate surface area is 159 Å². The molecular formula is C19H25N5O3. The van der Waals surface area contributed by atoms with Gasteiger partial charge in [-0.3, -0.25) is 0 Å². The van der Waals surface area contributed by atoms with E-state index in [0.29, 0.717) is 30.4 Å². The van der Waals surface area contributed by atoms with Crippen LogP contribution in [0.25, 0.3) is 0 Å². The average Bonchev–Trinajstić information content (AvgIpc) is 2.68. The van der Waals surface area contributed by atoms with E-state index >= 15 is 0 Å². The van der Waals surface area contributed by atoms with Crippen molar-refractivity contribution in [2.45, 2.75) is 18.9 Å². The maximum Gasteiger partial charge on any atom is 0.321 e. The van der Waals surface area contributed by atoms with E-state index in [4.69, 9.17) is 9.47 Å². The monoisotopic (exact) mass is 371 g/mol. The van der Waals surface area contributed by atoms with Crippen LogP contribution in [0.15, 0.2) is 36.4 Å². The van der Waals surface area contributed by atoms with Crippen molar-refractivity contribution in [3.8, 4) is 11.6 Å².